The van der Waals surface area contributed by atoms with Gasteiger partial charge in [0.05, 0.1) is 18.4 Å². The number of ether oxygens (including phenoxy) is 1. The van der Waals surface area contributed by atoms with Gasteiger partial charge in [0, 0.05) is 18.5 Å². The van der Waals surface area contributed by atoms with Crippen molar-refractivity contribution in [3.05, 3.63) is 76.3 Å². The topological polar surface area (TPSA) is 63.7 Å². The summed E-state index contributed by atoms with van der Waals surface area (Å²) in [4.78, 5) is 14.1. The lowest BCUT2D eigenvalue weighted by molar-refractivity contribution is -0.141. The second-order valence-electron chi connectivity index (χ2n) is 7.19. The summed E-state index contributed by atoms with van der Waals surface area (Å²) in [6, 6.07) is 16.2. The minimum absolute atomic E-state index is 0.130. The SMILES string of the molecule is COC(=O)C[C@@H]1/C(=C\Br)CN(S(=O)(=O)c2ccc(C)cc2)[C@H]1Cc1ccccc1. The number of carbonyl (C=O) groups is 1. The average molecular weight is 478 g/mol. The van der Waals surface area contributed by atoms with E-state index in [1.54, 1.807) is 29.3 Å². The van der Waals surface area contributed by atoms with E-state index in [0.29, 0.717) is 6.42 Å². The van der Waals surface area contributed by atoms with Gasteiger partial charge in [0.15, 0.2) is 0 Å². The average Bonchev–Trinajstić information content (AvgIpc) is 3.07. The van der Waals surface area contributed by atoms with Gasteiger partial charge in [-0.3, -0.25) is 4.79 Å². The smallest absolute Gasteiger partial charge is 0.306 e. The van der Waals surface area contributed by atoms with Gasteiger partial charge in [0.2, 0.25) is 10.0 Å². The van der Waals surface area contributed by atoms with Crippen LogP contribution in [0.5, 0.6) is 0 Å². The highest BCUT2D eigenvalue weighted by Gasteiger charge is 2.45. The summed E-state index contributed by atoms with van der Waals surface area (Å²) in [6.07, 6.45) is 0.642. The molecule has 0 unspecified atom stereocenters. The maximum Gasteiger partial charge on any atom is 0.306 e. The molecule has 1 saturated heterocycles. The first-order chi connectivity index (χ1) is 13.9. The summed E-state index contributed by atoms with van der Waals surface area (Å²) >= 11 is 3.37. The van der Waals surface area contributed by atoms with Gasteiger partial charge in [0.25, 0.3) is 0 Å². The van der Waals surface area contributed by atoms with Crippen LogP contribution in [0.15, 0.2) is 70.1 Å². The summed E-state index contributed by atoms with van der Waals surface area (Å²) < 4.78 is 33.3. The molecule has 1 heterocycles. The number of aryl methyl sites for hydroxylation is 1. The van der Waals surface area contributed by atoms with Crippen molar-refractivity contribution < 1.29 is 17.9 Å². The minimum Gasteiger partial charge on any atom is -0.469 e. The number of esters is 1. The first-order valence-corrected chi connectivity index (χ1v) is 11.7. The van der Waals surface area contributed by atoms with Gasteiger partial charge < -0.3 is 4.74 Å². The zero-order valence-corrected chi connectivity index (χ0v) is 18.8. The summed E-state index contributed by atoms with van der Waals surface area (Å²) in [6.45, 7) is 2.16. The van der Waals surface area contributed by atoms with Crippen molar-refractivity contribution >= 4 is 31.9 Å². The maximum atomic E-state index is 13.5. The Balaban J connectivity index is 2.02. The molecule has 1 aliphatic heterocycles. The fourth-order valence-electron chi connectivity index (χ4n) is 3.72. The van der Waals surface area contributed by atoms with Crippen LogP contribution in [-0.4, -0.2) is 38.4 Å². The van der Waals surface area contributed by atoms with Crippen molar-refractivity contribution in [2.24, 2.45) is 5.92 Å². The first-order valence-electron chi connectivity index (χ1n) is 9.35. The molecule has 0 radical (unpaired) electrons. The van der Waals surface area contributed by atoms with Crippen LogP contribution in [-0.2, 0) is 26.0 Å². The molecule has 0 N–H and O–H groups in total. The largest absolute Gasteiger partial charge is 0.469 e. The lowest BCUT2D eigenvalue weighted by atomic mass is 9.89. The molecule has 0 saturated carbocycles. The van der Waals surface area contributed by atoms with Crippen LogP contribution in [0.2, 0.25) is 0 Å². The molecule has 29 heavy (non-hydrogen) atoms. The van der Waals surface area contributed by atoms with E-state index in [9.17, 15) is 13.2 Å². The van der Waals surface area contributed by atoms with Gasteiger partial charge >= 0.3 is 5.97 Å². The fourth-order valence-corrected chi connectivity index (χ4v) is 5.85. The molecule has 154 valence electrons. The van der Waals surface area contributed by atoms with E-state index in [1.807, 2.05) is 37.3 Å². The highest BCUT2D eigenvalue weighted by molar-refractivity contribution is 9.11. The number of benzene rings is 2. The second-order valence-corrected chi connectivity index (χ2v) is 9.54. The van der Waals surface area contributed by atoms with Crippen molar-refractivity contribution in [2.75, 3.05) is 13.7 Å². The van der Waals surface area contributed by atoms with Crippen LogP contribution in [0.1, 0.15) is 17.5 Å². The molecule has 0 bridgehead atoms. The summed E-state index contributed by atoms with van der Waals surface area (Å²) in [5.41, 5.74) is 2.88. The van der Waals surface area contributed by atoms with E-state index in [1.165, 1.54) is 11.4 Å². The van der Waals surface area contributed by atoms with Crippen molar-refractivity contribution in [3.63, 3.8) is 0 Å². The zero-order chi connectivity index (χ0) is 21.0. The third kappa shape index (κ3) is 4.79. The molecule has 1 aliphatic rings. The van der Waals surface area contributed by atoms with Gasteiger partial charge in [-0.05, 0) is 41.6 Å². The molecule has 7 heteroatoms. The van der Waals surface area contributed by atoms with Crippen molar-refractivity contribution in [1.82, 2.24) is 4.31 Å². The Kier molecular flexibility index (Phi) is 6.93. The van der Waals surface area contributed by atoms with Crippen molar-refractivity contribution in [3.8, 4) is 0 Å². The quantitative estimate of drug-likeness (QED) is 0.588. The standard InChI is InChI=1S/C22H24BrNO4S/c1-16-8-10-19(11-9-16)29(26,27)24-15-18(14-23)20(13-22(25)28-2)21(24)12-17-6-4-3-5-7-17/h3-11,14,20-21H,12-13,15H2,1-2H3/b18-14-/t20-,21+/m1/s1. The van der Waals surface area contributed by atoms with Gasteiger partial charge in [0.1, 0.15) is 0 Å². The normalized spacial score (nSPS) is 21.4. The first kappa shape index (κ1) is 21.7. The summed E-state index contributed by atoms with van der Waals surface area (Å²) in [7, 11) is -2.37. The van der Waals surface area contributed by atoms with Crippen LogP contribution in [0, 0.1) is 12.8 Å². The highest BCUT2D eigenvalue weighted by atomic mass is 79.9. The molecule has 2 atom stereocenters. The lowest BCUT2D eigenvalue weighted by Crippen LogP contribution is -2.39. The number of hydrogen-bond donors (Lipinski definition) is 0. The van der Waals surface area contributed by atoms with E-state index < -0.39 is 10.0 Å². The Morgan fingerprint density at radius 3 is 2.41 bits per heavy atom. The van der Waals surface area contributed by atoms with E-state index >= 15 is 0 Å². The van der Waals surface area contributed by atoms with E-state index in [4.69, 9.17) is 4.74 Å². The van der Waals surface area contributed by atoms with Gasteiger partial charge in [-0.1, -0.05) is 64.0 Å². The molecule has 5 nitrogen and oxygen atoms in total. The molecule has 0 amide bonds. The summed E-state index contributed by atoms with van der Waals surface area (Å²) in [5, 5.41) is 0. The molecular weight excluding hydrogens is 454 g/mol. The zero-order valence-electron chi connectivity index (χ0n) is 16.4. The van der Waals surface area contributed by atoms with Gasteiger partial charge in [-0.2, -0.15) is 4.31 Å². The van der Waals surface area contributed by atoms with E-state index in [0.717, 1.165) is 16.7 Å². The number of nitrogens with zero attached hydrogens (tertiary/aromatic N) is 1. The fraction of sp³-hybridized carbons (Fsp3) is 0.318. The Morgan fingerprint density at radius 2 is 1.83 bits per heavy atom. The van der Waals surface area contributed by atoms with Crippen molar-refractivity contribution in [2.45, 2.75) is 30.7 Å². The van der Waals surface area contributed by atoms with Crippen LogP contribution >= 0.6 is 15.9 Å². The molecule has 0 aromatic heterocycles. The number of methoxy groups -OCH3 is 1. The number of hydrogen-bond acceptors (Lipinski definition) is 4. The molecular formula is C22H24BrNO4S. The van der Waals surface area contributed by atoms with E-state index in [-0.39, 0.29) is 35.8 Å². The maximum absolute atomic E-state index is 13.5. The lowest BCUT2D eigenvalue weighted by Gasteiger charge is -2.27. The monoisotopic (exact) mass is 477 g/mol. The van der Waals surface area contributed by atoms with Crippen LogP contribution < -0.4 is 0 Å². The molecule has 3 rings (SSSR count). The predicted molar refractivity (Wildman–Crippen MR) is 116 cm³/mol. The van der Waals surface area contributed by atoms with Crippen LogP contribution in [0.4, 0.5) is 0 Å². The Labute approximate surface area is 180 Å². The number of halogens is 1. The van der Waals surface area contributed by atoms with E-state index in [2.05, 4.69) is 15.9 Å². The van der Waals surface area contributed by atoms with Crippen LogP contribution in [0.25, 0.3) is 0 Å². The highest BCUT2D eigenvalue weighted by Crippen LogP contribution is 2.38. The molecule has 1 fully saturated rings. The number of sulfonamides is 1. The predicted octanol–water partition coefficient (Wildman–Crippen LogP) is 4.07. The Bertz CT molecular complexity index is 987. The molecule has 0 aliphatic carbocycles. The Hall–Kier alpha value is -1.96. The third-order valence-electron chi connectivity index (χ3n) is 5.32. The Morgan fingerprint density at radius 1 is 1.17 bits per heavy atom. The van der Waals surface area contributed by atoms with Gasteiger partial charge in [-0.25, -0.2) is 8.42 Å². The summed E-state index contributed by atoms with van der Waals surface area (Å²) in [5.74, 6) is -0.614. The van der Waals surface area contributed by atoms with Crippen molar-refractivity contribution in [1.29, 1.82) is 0 Å². The second kappa shape index (κ2) is 9.24. The number of rotatable bonds is 6. The third-order valence-corrected chi connectivity index (χ3v) is 7.79. The van der Waals surface area contributed by atoms with Crippen LogP contribution in [0.3, 0.4) is 0 Å². The minimum atomic E-state index is -3.72. The molecule has 0 spiro atoms. The van der Waals surface area contributed by atoms with Gasteiger partial charge in [-0.15, -0.1) is 0 Å². The molecule has 2 aromatic rings. The molecule has 2 aromatic carbocycles. The number of carbonyl (C=O) groups excluding carboxylic acids is 1.